The van der Waals surface area contributed by atoms with E-state index >= 15 is 0 Å². The molecule has 0 aliphatic heterocycles. The molecule has 19 heavy (non-hydrogen) atoms. The number of nitrogens with two attached hydrogens (primary N) is 1. The Hall–Kier alpha value is -1.02. The number of hydrogen-bond donors (Lipinski definition) is 1. The molecule has 0 radical (unpaired) electrons. The first-order valence-corrected chi connectivity index (χ1v) is 7.70. The quantitative estimate of drug-likeness (QED) is 0.863. The Bertz CT molecular complexity index is 375. The van der Waals surface area contributed by atoms with Crippen LogP contribution in [0.3, 0.4) is 0 Å². The predicted octanol–water partition coefficient (Wildman–Crippen LogP) is 4.11. The zero-order chi connectivity index (χ0) is 13.8. The molecule has 2 heteroatoms. The van der Waals surface area contributed by atoms with Gasteiger partial charge in [0.25, 0.3) is 0 Å². The van der Waals surface area contributed by atoms with Gasteiger partial charge in [0, 0.05) is 24.3 Å². The smallest absolute Gasteiger partial charge is 0.0369 e. The van der Waals surface area contributed by atoms with E-state index in [1.807, 2.05) is 6.92 Å². The van der Waals surface area contributed by atoms with Crippen LogP contribution in [0.25, 0.3) is 0 Å². The van der Waals surface area contributed by atoms with Gasteiger partial charge in [-0.2, -0.15) is 0 Å². The van der Waals surface area contributed by atoms with E-state index in [4.69, 9.17) is 5.73 Å². The van der Waals surface area contributed by atoms with Crippen molar-refractivity contribution in [3.8, 4) is 0 Å². The Morgan fingerprint density at radius 2 is 1.68 bits per heavy atom. The molecule has 106 valence electrons. The van der Waals surface area contributed by atoms with E-state index in [1.54, 1.807) is 0 Å². The van der Waals surface area contributed by atoms with E-state index < -0.39 is 0 Å². The van der Waals surface area contributed by atoms with Crippen molar-refractivity contribution in [1.29, 1.82) is 0 Å². The first-order valence-electron chi connectivity index (χ1n) is 7.70. The second kappa shape index (κ2) is 6.42. The maximum Gasteiger partial charge on any atom is 0.0369 e. The lowest BCUT2D eigenvalue weighted by Crippen LogP contribution is -2.36. The van der Waals surface area contributed by atoms with E-state index in [0.29, 0.717) is 5.92 Å². The van der Waals surface area contributed by atoms with Crippen molar-refractivity contribution in [2.45, 2.75) is 58.5 Å². The molecular formula is C17H28N2. The molecule has 0 spiro atoms. The van der Waals surface area contributed by atoms with Crippen LogP contribution in [-0.4, -0.2) is 12.6 Å². The standard InChI is InChI=1S/C17H28N2/c1-13(2)12-19(16-6-4-5-7-16)17-10-8-15(9-11-17)14(3)18/h8-11,13-14,16H,4-7,12,18H2,1-3H3/t14-/m0/s1. The van der Waals surface area contributed by atoms with Crippen LogP contribution in [0.2, 0.25) is 0 Å². The summed E-state index contributed by atoms with van der Waals surface area (Å²) in [6.07, 6.45) is 5.47. The van der Waals surface area contributed by atoms with Crippen LogP contribution in [-0.2, 0) is 0 Å². The van der Waals surface area contributed by atoms with Crippen LogP contribution in [0.1, 0.15) is 58.1 Å². The Kier molecular flexibility index (Phi) is 4.87. The van der Waals surface area contributed by atoms with Gasteiger partial charge in [-0.3, -0.25) is 0 Å². The first-order chi connectivity index (χ1) is 9.08. The summed E-state index contributed by atoms with van der Waals surface area (Å²) in [4.78, 5) is 2.61. The summed E-state index contributed by atoms with van der Waals surface area (Å²) in [6.45, 7) is 7.80. The topological polar surface area (TPSA) is 29.3 Å². The monoisotopic (exact) mass is 260 g/mol. The zero-order valence-electron chi connectivity index (χ0n) is 12.6. The molecule has 2 nitrogen and oxygen atoms in total. The lowest BCUT2D eigenvalue weighted by Gasteiger charge is -2.33. The number of benzene rings is 1. The Balaban J connectivity index is 2.16. The Morgan fingerprint density at radius 1 is 1.11 bits per heavy atom. The van der Waals surface area contributed by atoms with Crippen molar-refractivity contribution in [2.24, 2.45) is 11.7 Å². The third kappa shape index (κ3) is 3.73. The van der Waals surface area contributed by atoms with Gasteiger partial charge in [-0.05, 0) is 43.4 Å². The summed E-state index contributed by atoms with van der Waals surface area (Å²) in [6, 6.07) is 9.73. The van der Waals surface area contributed by atoms with E-state index in [0.717, 1.165) is 12.6 Å². The van der Waals surface area contributed by atoms with E-state index in [9.17, 15) is 0 Å². The summed E-state index contributed by atoms with van der Waals surface area (Å²) in [5.74, 6) is 0.703. The highest BCUT2D eigenvalue weighted by molar-refractivity contribution is 5.49. The largest absolute Gasteiger partial charge is 0.368 e. The van der Waals surface area contributed by atoms with Crippen LogP contribution < -0.4 is 10.6 Å². The molecule has 0 bridgehead atoms. The fourth-order valence-corrected chi connectivity index (χ4v) is 3.04. The van der Waals surface area contributed by atoms with E-state index in [-0.39, 0.29) is 6.04 Å². The van der Waals surface area contributed by atoms with Gasteiger partial charge in [-0.15, -0.1) is 0 Å². The maximum atomic E-state index is 5.93. The third-order valence-corrected chi connectivity index (χ3v) is 4.08. The van der Waals surface area contributed by atoms with Crippen LogP contribution in [0, 0.1) is 5.92 Å². The minimum Gasteiger partial charge on any atom is -0.368 e. The molecule has 1 aliphatic carbocycles. The highest BCUT2D eigenvalue weighted by atomic mass is 15.2. The van der Waals surface area contributed by atoms with Crippen molar-refractivity contribution < 1.29 is 0 Å². The summed E-state index contributed by atoms with van der Waals surface area (Å²) >= 11 is 0. The number of hydrogen-bond acceptors (Lipinski definition) is 2. The normalized spacial score (nSPS) is 17.9. The number of nitrogens with zero attached hydrogens (tertiary/aromatic N) is 1. The fraction of sp³-hybridized carbons (Fsp3) is 0.647. The molecule has 2 rings (SSSR count). The molecule has 0 amide bonds. The molecule has 1 fully saturated rings. The second-order valence-electron chi connectivity index (χ2n) is 6.36. The van der Waals surface area contributed by atoms with E-state index in [2.05, 4.69) is 43.0 Å². The molecule has 1 atom stereocenters. The van der Waals surface area contributed by atoms with Gasteiger partial charge in [0.1, 0.15) is 0 Å². The summed E-state index contributed by atoms with van der Waals surface area (Å²) in [5.41, 5.74) is 8.52. The van der Waals surface area contributed by atoms with Gasteiger partial charge < -0.3 is 10.6 Å². The van der Waals surface area contributed by atoms with Gasteiger partial charge in [-0.25, -0.2) is 0 Å². The Labute approximate surface area is 118 Å². The molecule has 0 heterocycles. The summed E-state index contributed by atoms with van der Waals surface area (Å²) in [5, 5.41) is 0. The van der Waals surface area contributed by atoms with Crippen molar-refractivity contribution >= 4 is 5.69 Å². The molecule has 2 N–H and O–H groups in total. The van der Waals surface area contributed by atoms with Crippen LogP contribution in [0.5, 0.6) is 0 Å². The number of anilines is 1. The molecule has 0 aromatic heterocycles. The van der Waals surface area contributed by atoms with Crippen molar-refractivity contribution in [1.82, 2.24) is 0 Å². The summed E-state index contributed by atoms with van der Waals surface area (Å²) in [7, 11) is 0. The highest BCUT2D eigenvalue weighted by Gasteiger charge is 2.23. The fourth-order valence-electron chi connectivity index (χ4n) is 3.04. The highest BCUT2D eigenvalue weighted by Crippen LogP contribution is 2.29. The van der Waals surface area contributed by atoms with Crippen molar-refractivity contribution in [2.75, 3.05) is 11.4 Å². The SMILES string of the molecule is CC(C)CN(c1ccc([C@H](C)N)cc1)C1CCCC1. The number of rotatable bonds is 5. The lowest BCUT2D eigenvalue weighted by molar-refractivity contribution is 0.536. The van der Waals surface area contributed by atoms with Crippen LogP contribution in [0.4, 0.5) is 5.69 Å². The zero-order valence-corrected chi connectivity index (χ0v) is 12.6. The van der Waals surface area contributed by atoms with Crippen molar-refractivity contribution in [3.63, 3.8) is 0 Å². The molecule has 1 aromatic carbocycles. The second-order valence-corrected chi connectivity index (χ2v) is 6.36. The van der Waals surface area contributed by atoms with Crippen LogP contribution >= 0.6 is 0 Å². The minimum atomic E-state index is 0.124. The van der Waals surface area contributed by atoms with Gasteiger partial charge in [-0.1, -0.05) is 38.8 Å². The minimum absolute atomic E-state index is 0.124. The van der Waals surface area contributed by atoms with Gasteiger partial charge >= 0.3 is 0 Å². The maximum absolute atomic E-state index is 5.93. The van der Waals surface area contributed by atoms with Crippen LogP contribution in [0.15, 0.2) is 24.3 Å². The average molecular weight is 260 g/mol. The van der Waals surface area contributed by atoms with Gasteiger partial charge in [0.2, 0.25) is 0 Å². The lowest BCUT2D eigenvalue weighted by atomic mass is 10.1. The molecule has 1 aromatic rings. The Morgan fingerprint density at radius 3 is 2.16 bits per heavy atom. The first kappa shape index (κ1) is 14.4. The third-order valence-electron chi connectivity index (χ3n) is 4.08. The molecule has 0 unspecified atom stereocenters. The average Bonchev–Trinajstić information content (AvgIpc) is 2.89. The molecular weight excluding hydrogens is 232 g/mol. The van der Waals surface area contributed by atoms with Gasteiger partial charge in [0.15, 0.2) is 0 Å². The predicted molar refractivity (Wildman–Crippen MR) is 83.5 cm³/mol. The van der Waals surface area contributed by atoms with E-state index in [1.165, 1.54) is 36.9 Å². The van der Waals surface area contributed by atoms with Gasteiger partial charge in [0.05, 0.1) is 0 Å². The molecule has 1 aliphatic rings. The van der Waals surface area contributed by atoms with Crippen molar-refractivity contribution in [3.05, 3.63) is 29.8 Å². The molecule has 1 saturated carbocycles. The molecule has 0 saturated heterocycles. The summed E-state index contributed by atoms with van der Waals surface area (Å²) < 4.78 is 0.